The minimum atomic E-state index is -2.05. The van der Waals surface area contributed by atoms with Crippen molar-refractivity contribution in [1.82, 2.24) is 4.90 Å². The maximum absolute atomic E-state index is 13.5. The molecule has 13 atom stereocenters. The standard InChI is InChI=1S/C38H57NO10/c1-7-8-26-34(20-35(43)19-32(34,3)14-13-30(35)49-31(41)23-10-11-24(47-5)25(15-23)48-6)21-37(45)27-18-39-17-22(2)9-12-28(39)33(4,42)38(27,46)29(40)16-36(26,37)44/h10-11,15,22,26-30,40,42-46H,7-9,12-14,16-21H2,1-6H3/t22-,26+,27-,28-,29-,30-,32-,33+,34-,35-,36+,37+,38-/m0/s1. The number of hydrogen-bond donors (Lipinski definition) is 6. The number of rotatable bonds is 6. The zero-order valence-corrected chi connectivity index (χ0v) is 29.9. The second-order valence-electron chi connectivity index (χ2n) is 17.4. The fraction of sp³-hybridized carbons (Fsp3) is 0.816. The molecule has 2 bridgehead atoms. The van der Waals surface area contributed by atoms with E-state index < -0.39 is 68.8 Å². The first-order valence-corrected chi connectivity index (χ1v) is 18.4. The number of nitrogens with zero attached hydrogens (tertiary/aromatic N) is 1. The number of carbonyl (C=O) groups is 1. The summed E-state index contributed by atoms with van der Waals surface area (Å²) in [5.41, 5.74) is -9.93. The van der Waals surface area contributed by atoms with Crippen molar-refractivity contribution in [1.29, 1.82) is 0 Å². The first-order valence-electron chi connectivity index (χ1n) is 18.4. The SMILES string of the molecule is CCC[C@@H]1[C@]2(C[C@@]3(O)C[C@]2(C)CC[C@@H]3OC(=O)c2ccc(OC)c(OC)c2)C[C@@]2(O)[C@@H]3CN4C[C@@H](C)CC[C@H]4[C@@](C)(O)[C@@]3(O)[C@@H](O)C[C@@]12O. The highest BCUT2D eigenvalue weighted by molar-refractivity contribution is 5.90. The number of hydrogen-bond acceptors (Lipinski definition) is 11. The Morgan fingerprint density at radius 1 is 0.939 bits per heavy atom. The smallest absolute Gasteiger partial charge is 0.338 e. The maximum atomic E-state index is 13.5. The second kappa shape index (κ2) is 11.3. The maximum Gasteiger partial charge on any atom is 0.338 e. The summed E-state index contributed by atoms with van der Waals surface area (Å²) >= 11 is 0. The van der Waals surface area contributed by atoms with Crippen molar-refractivity contribution in [2.45, 2.75) is 138 Å². The Kier molecular flexibility index (Phi) is 8.13. The van der Waals surface area contributed by atoms with Crippen LogP contribution in [0.4, 0.5) is 0 Å². The first-order chi connectivity index (χ1) is 22.9. The van der Waals surface area contributed by atoms with Crippen LogP contribution in [0, 0.1) is 28.6 Å². The molecule has 7 rings (SSSR count). The van der Waals surface area contributed by atoms with E-state index in [0.717, 1.165) is 6.42 Å². The van der Waals surface area contributed by atoms with E-state index in [9.17, 15) is 35.4 Å². The molecule has 49 heavy (non-hydrogen) atoms. The van der Waals surface area contributed by atoms with Gasteiger partial charge in [-0.15, -0.1) is 0 Å². The second-order valence-corrected chi connectivity index (χ2v) is 17.4. The van der Waals surface area contributed by atoms with Crippen molar-refractivity contribution in [3.8, 4) is 11.5 Å². The van der Waals surface area contributed by atoms with E-state index in [1.165, 1.54) is 14.2 Å². The lowest BCUT2D eigenvalue weighted by Crippen LogP contribution is -2.85. The number of piperidine rings is 2. The Bertz CT molecular complexity index is 1490. The third kappa shape index (κ3) is 4.48. The van der Waals surface area contributed by atoms with Crippen molar-refractivity contribution in [2.24, 2.45) is 28.6 Å². The largest absolute Gasteiger partial charge is 0.493 e. The van der Waals surface area contributed by atoms with Crippen LogP contribution < -0.4 is 9.47 Å². The van der Waals surface area contributed by atoms with Crippen molar-refractivity contribution in [2.75, 3.05) is 27.3 Å². The van der Waals surface area contributed by atoms with E-state index in [4.69, 9.17) is 14.2 Å². The lowest BCUT2D eigenvalue weighted by molar-refractivity contribution is -0.353. The normalized spacial score (nSPS) is 50.4. The van der Waals surface area contributed by atoms with Gasteiger partial charge in [-0.05, 0) is 99.2 Å². The predicted octanol–water partition coefficient (Wildman–Crippen LogP) is 2.80. The van der Waals surface area contributed by atoms with Crippen LogP contribution in [0.25, 0.3) is 0 Å². The van der Waals surface area contributed by atoms with Crippen LogP contribution in [0.3, 0.4) is 0 Å². The van der Waals surface area contributed by atoms with E-state index in [0.29, 0.717) is 62.5 Å². The van der Waals surface area contributed by atoms with Crippen molar-refractivity contribution in [3.05, 3.63) is 23.8 Å². The number of carbonyl (C=O) groups excluding carboxylic acids is 1. The molecule has 6 N–H and O–H groups in total. The average molecular weight is 688 g/mol. The molecule has 1 aromatic rings. The Morgan fingerprint density at radius 3 is 2.33 bits per heavy atom. The van der Waals surface area contributed by atoms with E-state index in [-0.39, 0.29) is 37.4 Å². The molecule has 11 heteroatoms. The summed E-state index contributed by atoms with van der Waals surface area (Å²) in [4.78, 5) is 15.6. The highest BCUT2D eigenvalue weighted by Gasteiger charge is 2.84. The molecule has 1 aromatic carbocycles. The molecule has 0 unspecified atom stereocenters. The van der Waals surface area contributed by atoms with E-state index in [1.807, 2.05) is 6.92 Å². The monoisotopic (exact) mass is 687 g/mol. The first kappa shape index (κ1) is 35.4. The zero-order chi connectivity index (χ0) is 35.6. The van der Waals surface area contributed by atoms with E-state index in [2.05, 4.69) is 18.7 Å². The van der Waals surface area contributed by atoms with Crippen LogP contribution in [0.5, 0.6) is 11.5 Å². The summed E-state index contributed by atoms with van der Waals surface area (Å²) < 4.78 is 16.8. The van der Waals surface area contributed by atoms with Gasteiger partial charge in [-0.2, -0.15) is 0 Å². The van der Waals surface area contributed by atoms with Gasteiger partial charge in [0.05, 0.1) is 31.5 Å². The lowest BCUT2D eigenvalue weighted by Gasteiger charge is -2.68. The molecule has 6 fully saturated rings. The predicted molar refractivity (Wildman–Crippen MR) is 179 cm³/mol. The van der Waals surface area contributed by atoms with Gasteiger partial charge < -0.3 is 44.8 Å². The van der Waals surface area contributed by atoms with Crippen molar-refractivity contribution in [3.63, 3.8) is 0 Å². The number of aliphatic hydroxyl groups excluding tert-OH is 1. The van der Waals surface area contributed by atoms with Gasteiger partial charge in [0.15, 0.2) is 11.5 Å². The van der Waals surface area contributed by atoms with Crippen LogP contribution in [0.1, 0.15) is 102 Å². The third-order valence-corrected chi connectivity index (χ3v) is 15.0. The van der Waals surface area contributed by atoms with Crippen LogP contribution in [-0.2, 0) is 4.74 Å². The van der Waals surface area contributed by atoms with Gasteiger partial charge in [-0.3, -0.25) is 4.90 Å². The summed E-state index contributed by atoms with van der Waals surface area (Å²) in [6.07, 6.45) is 1.82. The Morgan fingerprint density at radius 2 is 1.65 bits per heavy atom. The number of fused-ring (bicyclic) bond motifs is 7. The average Bonchev–Trinajstić information content (AvgIpc) is 3.35. The molecular weight excluding hydrogens is 630 g/mol. The topological polar surface area (TPSA) is 169 Å². The summed E-state index contributed by atoms with van der Waals surface area (Å²) in [5, 5.41) is 75.3. The molecule has 4 aliphatic carbocycles. The van der Waals surface area contributed by atoms with Gasteiger partial charge in [0, 0.05) is 31.5 Å². The third-order valence-electron chi connectivity index (χ3n) is 15.0. The van der Waals surface area contributed by atoms with Crippen LogP contribution in [0.15, 0.2) is 18.2 Å². The minimum Gasteiger partial charge on any atom is -0.493 e. The fourth-order valence-corrected chi connectivity index (χ4v) is 12.8. The Balaban J connectivity index is 1.26. The summed E-state index contributed by atoms with van der Waals surface area (Å²) in [7, 11) is 3.00. The lowest BCUT2D eigenvalue weighted by atomic mass is 9.50. The molecule has 2 saturated heterocycles. The minimum absolute atomic E-state index is 0.0974. The van der Waals surface area contributed by atoms with E-state index >= 15 is 0 Å². The molecule has 6 aliphatic rings. The molecule has 4 saturated carbocycles. The highest BCUT2D eigenvalue weighted by atomic mass is 16.6. The summed E-state index contributed by atoms with van der Waals surface area (Å²) in [6.45, 7) is 8.81. The molecule has 274 valence electrons. The zero-order valence-electron chi connectivity index (χ0n) is 29.9. The molecule has 0 radical (unpaired) electrons. The van der Waals surface area contributed by atoms with Crippen LogP contribution in [-0.4, -0.2) is 115 Å². The van der Waals surface area contributed by atoms with Crippen molar-refractivity contribution >= 4 is 5.97 Å². The Hall–Kier alpha value is -1.99. The highest BCUT2D eigenvalue weighted by Crippen LogP contribution is 2.78. The summed E-state index contributed by atoms with van der Waals surface area (Å²) in [5.74, 6) is -0.916. The van der Waals surface area contributed by atoms with Gasteiger partial charge in [-0.1, -0.05) is 27.2 Å². The molecule has 2 aliphatic heterocycles. The number of aliphatic hydroxyl groups is 6. The van der Waals surface area contributed by atoms with Crippen LogP contribution in [0.2, 0.25) is 0 Å². The van der Waals surface area contributed by atoms with E-state index in [1.54, 1.807) is 25.1 Å². The number of esters is 1. The Labute approximate surface area is 289 Å². The van der Waals surface area contributed by atoms with Gasteiger partial charge in [0.25, 0.3) is 0 Å². The fourth-order valence-electron chi connectivity index (χ4n) is 12.8. The number of ether oxygens (including phenoxy) is 3. The quantitative estimate of drug-likeness (QED) is 0.243. The summed E-state index contributed by atoms with van der Waals surface area (Å²) in [6, 6.07) is 4.40. The van der Waals surface area contributed by atoms with Gasteiger partial charge in [-0.25, -0.2) is 4.79 Å². The number of benzene rings is 1. The molecule has 2 heterocycles. The van der Waals surface area contributed by atoms with Crippen molar-refractivity contribution < 1.29 is 49.6 Å². The molecule has 11 nitrogen and oxygen atoms in total. The van der Waals surface area contributed by atoms with Gasteiger partial charge in [0.2, 0.25) is 0 Å². The van der Waals surface area contributed by atoms with Crippen LogP contribution >= 0.6 is 0 Å². The van der Waals surface area contributed by atoms with Gasteiger partial charge >= 0.3 is 5.97 Å². The van der Waals surface area contributed by atoms with Gasteiger partial charge in [0.1, 0.15) is 28.5 Å². The molecule has 1 spiro atoms. The molecular formula is C38H57NO10. The molecule has 0 amide bonds. The molecule has 0 aromatic heterocycles. The number of methoxy groups -OCH3 is 2.